The number of methoxy groups -OCH3 is 1. The topological polar surface area (TPSA) is 62.2 Å². The van der Waals surface area contributed by atoms with Crippen molar-refractivity contribution >= 4 is 17.5 Å². The van der Waals surface area contributed by atoms with Gasteiger partial charge in [-0.1, -0.05) is 54.6 Å². The first-order valence-electron chi connectivity index (χ1n) is 11.5. The Morgan fingerprint density at radius 1 is 1.00 bits per heavy atom. The van der Waals surface area contributed by atoms with Gasteiger partial charge in [-0.25, -0.2) is 9.40 Å². The van der Waals surface area contributed by atoms with Crippen molar-refractivity contribution in [3.63, 3.8) is 0 Å². The number of hydrogen-bond acceptors (Lipinski definition) is 4. The number of hydrogen-bond donors (Lipinski definition) is 0. The molecular formula is C28H28FN3O3. The van der Waals surface area contributed by atoms with Crippen LogP contribution in [-0.2, 0) is 16.1 Å². The predicted octanol–water partition coefficient (Wildman–Crippen LogP) is 4.95. The normalized spacial score (nSPS) is 15.0. The van der Waals surface area contributed by atoms with E-state index in [1.807, 2.05) is 54.6 Å². The van der Waals surface area contributed by atoms with Crippen LogP contribution in [0.5, 0.6) is 5.75 Å². The monoisotopic (exact) mass is 473 g/mol. The molecule has 1 aliphatic rings. The molecule has 1 aliphatic heterocycles. The SMILES string of the molecule is COc1ccc(C2CC(c3ccccc3)=NN2C(=O)CCC(=O)N(C)Cc2ccc(F)cc2)cc1. The van der Waals surface area contributed by atoms with Gasteiger partial charge >= 0.3 is 0 Å². The second-order valence-corrected chi connectivity index (χ2v) is 8.52. The van der Waals surface area contributed by atoms with Gasteiger partial charge in [0.05, 0.1) is 18.9 Å². The summed E-state index contributed by atoms with van der Waals surface area (Å²) in [5.41, 5.74) is 3.58. The van der Waals surface area contributed by atoms with Crippen molar-refractivity contribution in [2.75, 3.05) is 14.2 Å². The number of rotatable bonds is 8. The summed E-state index contributed by atoms with van der Waals surface area (Å²) in [7, 11) is 3.29. The van der Waals surface area contributed by atoms with Gasteiger partial charge in [0.1, 0.15) is 11.6 Å². The first kappa shape index (κ1) is 24.1. The maximum absolute atomic E-state index is 13.2. The van der Waals surface area contributed by atoms with Crippen LogP contribution in [0.3, 0.4) is 0 Å². The van der Waals surface area contributed by atoms with Gasteiger partial charge in [0.15, 0.2) is 0 Å². The molecule has 3 aromatic rings. The first-order chi connectivity index (χ1) is 16.9. The van der Waals surface area contributed by atoms with Crippen LogP contribution < -0.4 is 4.74 Å². The Hall–Kier alpha value is -4.00. The highest BCUT2D eigenvalue weighted by molar-refractivity contribution is 6.03. The van der Waals surface area contributed by atoms with Crippen LogP contribution in [0, 0.1) is 5.82 Å². The van der Waals surface area contributed by atoms with Crippen LogP contribution in [-0.4, -0.2) is 41.6 Å². The molecule has 180 valence electrons. The van der Waals surface area contributed by atoms with Crippen LogP contribution in [0.4, 0.5) is 4.39 Å². The number of carbonyl (C=O) groups is 2. The minimum absolute atomic E-state index is 0.0464. The van der Waals surface area contributed by atoms with Crippen LogP contribution in [0.1, 0.15) is 42.0 Å². The van der Waals surface area contributed by atoms with E-state index in [2.05, 4.69) is 5.10 Å². The number of nitrogens with zero attached hydrogens (tertiary/aromatic N) is 3. The lowest BCUT2D eigenvalue weighted by Crippen LogP contribution is -2.30. The summed E-state index contributed by atoms with van der Waals surface area (Å²) in [6, 6.07) is 23.2. The molecule has 4 rings (SSSR count). The number of ether oxygens (including phenoxy) is 1. The molecule has 3 aromatic carbocycles. The number of hydrazone groups is 1. The predicted molar refractivity (Wildman–Crippen MR) is 132 cm³/mol. The fourth-order valence-corrected chi connectivity index (χ4v) is 4.10. The zero-order chi connectivity index (χ0) is 24.8. The molecule has 7 heteroatoms. The second kappa shape index (κ2) is 11.0. The molecule has 0 aliphatic carbocycles. The number of benzene rings is 3. The third kappa shape index (κ3) is 5.93. The zero-order valence-corrected chi connectivity index (χ0v) is 19.9. The fraction of sp³-hybridized carbons (Fsp3) is 0.250. The Labute approximate surface area is 204 Å². The maximum atomic E-state index is 13.2. The Kier molecular flexibility index (Phi) is 7.55. The lowest BCUT2D eigenvalue weighted by atomic mass is 9.98. The molecule has 0 radical (unpaired) electrons. The smallest absolute Gasteiger partial charge is 0.243 e. The van der Waals surface area contributed by atoms with Crippen molar-refractivity contribution in [2.24, 2.45) is 5.10 Å². The fourth-order valence-electron chi connectivity index (χ4n) is 4.10. The number of carbonyl (C=O) groups excluding carboxylic acids is 2. The maximum Gasteiger partial charge on any atom is 0.243 e. The molecule has 2 amide bonds. The molecule has 0 aromatic heterocycles. The molecule has 0 saturated heterocycles. The van der Waals surface area contributed by atoms with E-state index in [-0.39, 0.29) is 36.5 Å². The molecule has 0 fully saturated rings. The van der Waals surface area contributed by atoms with Gasteiger partial charge in [-0.15, -0.1) is 0 Å². The molecule has 1 heterocycles. The molecule has 0 saturated carbocycles. The van der Waals surface area contributed by atoms with Gasteiger partial charge < -0.3 is 9.64 Å². The van der Waals surface area contributed by atoms with E-state index in [9.17, 15) is 14.0 Å². The summed E-state index contributed by atoms with van der Waals surface area (Å²) in [4.78, 5) is 27.5. The molecule has 1 atom stereocenters. The average Bonchev–Trinajstić information content (AvgIpc) is 3.34. The molecular weight excluding hydrogens is 445 g/mol. The average molecular weight is 474 g/mol. The van der Waals surface area contributed by atoms with Crippen molar-refractivity contribution in [1.82, 2.24) is 9.91 Å². The summed E-state index contributed by atoms with van der Waals surface area (Å²) in [5, 5.41) is 6.18. The Balaban J connectivity index is 1.45. The van der Waals surface area contributed by atoms with Gasteiger partial charge in [-0.05, 0) is 41.0 Å². The van der Waals surface area contributed by atoms with Crippen LogP contribution in [0.2, 0.25) is 0 Å². The molecule has 0 spiro atoms. The van der Waals surface area contributed by atoms with Crippen molar-refractivity contribution < 1.29 is 18.7 Å². The lowest BCUT2D eigenvalue weighted by molar-refractivity contribution is -0.137. The third-order valence-corrected chi connectivity index (χ3v) is 6.08. The third-order valence-electron chi connectivity index (χ3n) is 6.08. The molecule has 1 unspecified atom stereocenters. The highest BCUT2D eigenvalue weighted by atomic mass is 19.1. The first-order valence-corrected chi connectivity index (χ1v) is 11.5. The van der Waals surface area contributed by atoms with Crippen molar-refractivity contribution in [3.05, 3.63) is 101 Å². The molecule has 0 N–H and O–H groups in total. The summed E-state index contributed by atoms with van der Waals surface area (Å²) in [6.45, 7) is 0.349. The van der Waals surface area contributed by atoms with E-state index < -0.39 is 0 Å². The number of halogens is 1. The highest BCUT2D eigenvalue weighted by Crippen LogP contribution is 2.34. The van der Waals surface area contributed by atoms with E-state index >= 15 is 0 Å². The van der Waals surface area contributed by atoms with Gasteiger partial charge in [-0.2, -0.15) is 5.10 Å². The molecule has 6 nitrogen and oxygen atoms in total. The lowest BCUT2D eigenvalue weighted by Gasteiger charge is -2.23. The van der Waals surface area contributed by atoms with Crippen molar-refractivity contribution in [1.29, 1.82) is 0 Å². The summed E-state index contributed by atoms with van der Waals surface area (Å²) in [5.74, 6) is 0.0554. The van der Waals surface area contributed by atoms with Crippen molar-refractivity contribution in [3.8, 4) is 5.75 Å². The summed E-state index contributed by atoms with van der Waals surface area (Å²) < 4.78 is 18.4. The van der Waals surface area contributed by atoms with Gasteiger partial charge in [0.25, 0.3) is 0 Å². The Morgan fingerprint density at radius 3 is 2.34 bits per heavy atom. The van der Waals surface area contributed by atoms with E-state index in [0.717, 1.165) is 28.2 Å². The number of amides is 2. The quantitative estimate of drug-likeness (QED) is 0.465. The summed E-state index contributed by atoms with van der Waals surface area (Å²) in [6.07, 6.45) is 0.698. The summed E-state index contributed by atoms with van der Waals surface area (Å²) >= 11 is 0. The van der Waals surface area contributed by atoms with Crippen LogP contribution in [0.25, 0.3) is 0 Å². The van der Waals surface area contributed by atoms with E-state index in [1.54, 1.807) is 31.2 Å². The highest BCUT2D eigenvalue weighted by Gasteiger charge is 2.33. The second-order valence-electron chi connectivity index (χ2n) is 8.52. The molecule has 0 bridgehead atoms. The minimum atomic E-state index is -0.319. The largest absolute Gasteiger partial charge is 0.497 e. The Bertz CT molecular complexity index is 1190. The van der Waals surface area contributed by atoms with Crippen LogP contribution >= 0.6 is 0 Å². The van der Waals surface area contributed by atoms with E-state index in [1.165, 1.54) is 17.1 Å². The zero-order valence-electron chi connectivity index (χ0n) is 19.9. The standard InChI is InChI=1S/C28H28FN3O3/c1-31(19-20-8-12-23(29)13-9-20)27(33)16-17-28(34)32-26(22-10-14-24(35-2)15-11-22)18-25(30-32)21-6-4-3-5-7-21/h3-15,26H,16-19H2,1-2H3. The van der Waals surface area contributed by atoms with Gasteiger partial charge in [0.2, 0.25) is 11.8 Å². The van der Waals surface area contributed by atoms with Crippen LogP contribution in [0.15, 0.2) is 84.0 Å². The van der Waals surface area contributed by atoms with E-state index in [4.69, 9.17) is 4.74 Å². The van der Waals surface area contributed by atoms with Gasteiger partial charge in [-0.3, -0.25) is 9.59 Å². The van der Waals surface area contributed by atoms with Gasteiger partial charge in [0, 0.05) is 32.9 Å². The minimum Gasteiger partial charge on any atom is -0.497 e. The molecule has 35 heavy (non-hydrogen) atoms. The van der Waals surface area contributed by atoms with E-state index in [0.29, 0.717) is 13.0 Å². The Morgan fingerprint density at radius 2 is 1.69 bits per heavy atom. The van der Waals surface area contributed by atoms with Crippen molar-refractivity contribution in [2.45, 2.75) is 31.8 Å².